The van der Waals surface area contributed by atoms with Crippen molar-refractivity contribution in [2.75, 3.05) is 23.5 Å². The van der Waals surface area contributed by atoms with E-state index in [1.165, 1.54) is 18.9 Å². The normalized spacial score (nSPS) is 12.7. The second-order valence-corrected chi connectivity index (χ2v) is 8.71. The molecule has 30 heavy (non-hydrogen) atoms. The minimum Gasteiger partial charge on any atom is -0.469 e. The molecule has 1 aliphatic heterocycles. The summed E-state index contributed by atoms with van der Waals surface area (Å²) in [6.07, 6.45) is 1.88. The van der Waals surface area contributed by atoms with Crippen molar-refractivity contribution in [3.8, 4) is 0 Å². The molecule has 0 aromatic heterocycles. The Morgan fingerprint density at radius 3 is 2.57 bits per heavy atom. The van der Waals surface area contributed by atoms with Crippen LogP contribution in [0.4, 0.5) is 17.1 Å². The van der Waals surface area contributed by atoms with Crippen LogP contribution >= 0.6 is 27.7 Å². The third kappa shape index (κ3) is 5.96. The van der Waals surface area contributed by atoms with Crippen LogP contribution in [0.1, 0.15) is 17.5 Å². The Morgan fingerprint density at radius 2 is 1.87 bits per heavy atom. The van der Waals surface area contributed by atoms with Crippen molar-refractivity contribution in [2.45, 2.75) is 20.3 Å². The van der Waals surface area contributed by atoms with Crippen LogP contribution in [-0.4, -0.2) is 29.8 Å². The molecule has 0 fully saturated rings. The van der Waals surface area contributed by atoms with Crippen LogP contribution in [-0.2, 0) is 14.3 Å². The number of benzene rings is 2. The first-order valence-electron chi connectivity index (χ1n) is 9.26. The Kier molecular flexibility index (Phi) is 7.33. The summed E-state index contributed by atoms with van der Waals surface area (Å²) in [6.45, 7) is 4.05. The zero-order valence-electron chi connectivity index (χ0n) is 16.9. The van der Waals surface area contributed by atoms with Gasteiger partial charge in [0.2, 0.25) is 5.91 Å². The topological polar surface area (TPSA) is 79.8 Å². The predicted octanol–water partition coefficient (Wildman–Crippen LogP) is 5.34. The molecule has 0 saturated heterocycles. The van der Waals surface area contributed by atoms with Gasteiger partial charge in [0.05, 0.1) is 35.7 Å². The van der Waals surface area contributed by atoms with Crippen LogP contribution in [0.5, 0.6) is 0 Å². The van der Waals surface area contributed by atoms with Gasteiger partial charge in [-0.3, -0.25) is 9.59 Å². The number of hydrogen-bond donors (Lipinski definition) is 2. The highest BCUT2D eigenvalue weighted by molar-refractivity contribution is 9.10. The van der Waals surface area contributed by atoms with E-state index >= 15 is 0 Å². The zero-order chi connectivity index (χ0) is 21.7. The number of ether oxygens (including phenoxy) is 1. The summed E-state index contributed by atoms with van der Waals surface area (Å²) in [5.74, 6) is -0.291. The molecule has 0 aliphatic carbocycles. The lowest BCUT2D eigenvalue weighted by atomic mass is 10.1. The molecule has 0 radical (unpaired) electrons. The number of methoxy groups -OCH3 is 1. The van der Waals surface area contributed by atoms with Gasteiger partial charge in [-0.2, -0.15) is 0 Å². The summed E-state index contributed by atoms with van der Waals surface area (Å²) in [5.41, 5.74) is 5.23. The van der Waals surface area contributed by atoms with E-state index in [4.69, 9.17) is 9.73 Å². The molecule has 1 heterocycles. The summed E-state index contributed by atoms with van der Waals surface area (Å²) < 4.78 is 5.75. The highest BCUT2D eigenvalue weighted by Crippen LogP contribution is 2.33. The number of rotatable bonds is 5. The van der Waals surface area contributed by atoms with Crippen LogP contribution in [0.3, 0.4) is 0 Å². The Labute approximate surface area is 188 Å². The number of carbonyl (C=O) groups is 2. The fourth-order valence-corrected chi connectivity index (χ4v) is 3.77. The molecule has 2 aromatic rings. The first-order chi connectivity index (χ1) is 14.3. The molecule has 1 amide bonds. The van der Waals surface area contributed by atoms with Crippen LogP contribution in [0.2, 0.25) is 0 Å². The monoisotopic (exact) mass is 487 g/mol. The minimum absolute atomic E-state index is 0.0908. The molecule has 0 unspecified atom stereocenters. The van der Waals surface area contributed by atoms with Crippen molar-refractivity contribution in [3.05, 3.63) is 63.8 Å². The highest BCUT2D eigenvalue weighted by atomic mass is 79.9. The van der Waals surface area contributed by atoms with Crippen molar-refractivity contribution in [2.24, 2.45) is 4.99 Å². The molecule has 8 heteroatoms. The Bertz CT molecular complexity index is 1030. The highest BCUT2D eigenvalue weighted by Gasteiger charge is 2.16. The first kappa shape index (κ1) is 22.1. The van der Waals surface area contributed by atoms with Gasteiger partial charge in [0.25, 0.3) is 0 Å². The van der Waals surface area contributed by atoms with Gasteiger partial charge in [0, 0.05) is 15.9 Å². The fourth-order valence-electron chi connectivity index (χ4n) is 2.77. The molecule has 0 spiro atoms. The predicted molar refractivity (Wildman–Crippen MR) is 127 cm³/mol. The Hall–Kier alpha value is -2.58. The van der Waals surface area contributed by atoms with Gasteiger partial charge in [0.15, 0.2) is 0 Å². The maximum Gasteiger partial charge on any atom is 0.311 e. The lowest BCUT2D eigenvalue weighted by Crippen LogP contribution is -2.15. The van der Waals surface area contributed by atoms with Crippen molar-refractivity contribution >= 4 is 61.7 Å². The average Bonchev–Trinajstić information content (AvgIpc) is 2.87. The first-order valence-corrected chi connectivity index (χ1v) is 11.0. The van der Waals surface area contributed by atoms with E-state index in [1.54, 1.807) is 6.08 Å². The van der Waals surface area contributed by atoms with Crippen molar-refractivity contribution < 1.29 is 14.3 Å². The smallest absolute Gasteiger partial charge is 0.311 e. The van der Waals surface area contributed by atoms with Crippen LogP contribution in [0, 0.1) is 13.8 Å². The number of aliphatic imine (C=N–C) groups is 1. The standard InChI is InChI=1S/C22H22BrN3O3S/c1-13-8-18-19(9-14(13)2)26-21(10-17(24-18)11-22(28)29-3)30-12-20(27)25-16-6-4-15(23)5-7-16/h4-10,24H,11-12H2,1-3H3,(H,25,27). The van der Waals surface area contributed by atoms with Crippen LogP contribution in [0.15, 0.2) is 57.6 Å². The molecule has 156 valence electrons. The van der Waals surface area contributed by atoms with Gasteiger partial charge in [-0.05, 0) is 67.4 Å². The van der Waals surface area contributed by atoms with Crippen molar-refractivity contribution in [1.82, 2.24) is 0 Å². The number of esters is 1. The second-order valence-electron chi connectivity index (χ2n) is 6.79. The summed E-state index contributed by atoms with van der Waals surface area (Å²) in [4.78, 5) is 28.9. The largest absolute Gasteiger partial charge is 0.469 e. The van der Waals surface area contributed by atoms with Gasteiger partial charge in [-0.1, -0.05) is 27.7 Å². The number of anilines is 2. The molecule has 0 atom stereocenters. The summed E-state index contributed by atoms with van der Waals surface area (Å²) in [6, 6.07) is 11.4. The van der Waals surface area contributed by atoms with Gasteiger partial charge in [-0.25, -0.2) is 4.99 Å². The van der Waals surface area contributed by atoms with Crippen LogP contribution < -0.4 is 10.6 Å². The second kappa shape index (κ2) is 9.95. The number of amides is 1. The van der Waals surface area contributed by atoms with E-state index in [0.29, 0.717) is 10.7 Å². The number of hydrogen-bond acceptors (Lipinski definition) is 6. The molecule has 0 bridgehead atoms. The third-order valence-corrected chi connectivity index (χ3v) is 5.92. The molecule has 1 aliphatic rings. The average molecular weight is 488 g/mol. The van der Waals surface area contributed by atoms with E-state index in [-0.39, 0.29) is 24.1 Å². The number of fused-ring (bicyclic) bond motifs is 1. The van der Waals surface area contributed by atoms with Gasteiger partial charge in [-0.15, -0.1) is 0 Å². The lowest BCUT2D eigenvalue weighted by Gasteiger charge is -2.12. The Balaban J connectivity index is 1.78. The zero-order valence-corrected chi connectivity index (χ0v) is 19.3. The van der Waals surface area contributed by atoms with E-state index in [0.717, 1.165) is 32.7 Å². The maximum atomic E-state index is 12.4. The molecule has 6 nitrogen and oxygen atoms in total. The SMILES string of the molecule is COC(=O)CC1=CC(SCC(=O)Nc2ccc(Br)cc2)=Nc2cc(C)c(C)cc2N1. The third-order valence-electron chi connectivity index (χ3n) is 4.48. The summed E-state index contributed by atoms with van der Waals surface area (Å²) in [5, 5.41) is 6.80. The van der Waals surface area contributed by atoms with Crippen molar-refractivity contribution in [3.63, 3.8) is 0 Å². The molecular weight excluding hydrogens is 466 g/mol. The van der Waals surface area contributed by atoms with Crippen molar-refractivity contribution in [1.29, 1.82) is 0 Å². The number of thioether (sulfide) groups is 1. The van der Waals surface area contributed by atoms with Gasteiger partial charge >= 0.3 is 5.97 Å². The fraction of sp³-hybridized carbons (Fsp3) is 0.227. The van der Waals surface area contributed by atoms with Gasteiger partial charge < -0.3 is 15.4 Å². The molecule has 2 aromatic carbocycles. The van der Waals surface area contributed by atoms with E-state index in [9.17, 15) is 9.59 Å². The quantitative estimate of drug-likeness (QED) is 0.556. The molecule has 3 rings (SSSR count). The summed E-state index contributed by atoms with van der Waals surface area (Å²) in [7, 11) is 1.36. The lowest BCUT2D eigenvalue weighted by molar-refractivity contribution is -0.139. The Morgan fingerprint density at radius 1 is 1.17 bits per heavy atom. The van der Waals surface area contributed by atoms with E-state index < -0.39 is 0 Å². The number of aryl methyl sites for hydroxylation is 2. The summed E-state index contributed by atoms with van der Waals surface area (Å²) >= 11 is 4.69. The number of carbonyl (C=O) groups excluding carboxylic acids is 2. The van der Waals surface area contributed by atoms with Crippen LogP contribution in [0.25, 0.3) is 0 Å². The number of halogens is 1. The van der Waals surface area contributed by atoms with E-state index in [2.05, 4.69) is 26.6 Å². The maximum absolute atomic E-state index is 12.4. The minimum atomic E-state index is -0.349. The van der Waals surface area contributed by atoms with Gasteiger partial charge in [0.1, 0.15) is 0 Å². The molecule has 2 N–H and O–H groups in total. The molecule has 0 saturated carbocycles. The molecular formula is C22H22BrN3O3S. The van der Waals surface area contributed by atoms with E-state index in [1.807, 2.05) is 50.2 Å². The number of nitrogens with zero attached hydrogens (tertiary/aromatic N) is 1. The number of nitrogens with one attached hydrogen (secondary N) is 2.